The van der Waals surface area contributed by atoms with Gasteiger partial charge in [0.25, 0.3) is 5.66 Å². The summed E-state index contributed by atoms with van der Waals surface area (Å²) in [5.74, 6) is -2.00. The van der Waals surface area contributed by atoms with Crippen LogP contribution in [0, 0.1) is 0 Å². The number of methoxy groups -OCH3 is 1. The molecule has 1 amide bonds. The Hall–Kier alpha value is -2.29. The van der Waals surface area contributed by atoms with Gasteiger partial charge in [-0.25, -0.2) is 4.79 Å². The van der Waals surface area contributed by atoms with Crippen molar-refractivity contribution in [1.29, 1.82) is 0 Å². The number of benzene rings is 1. The first-order valence-electron chi connectivity index (χ1n) is 7.57. The monoisotopic (exact) mass is 362 g/mol. The van der Waals surface area contributed by atoms with Gasteiger partial charge in [0, 0.05) is 13.5 Å². The predicted molar refractivity (Wildman–Crippen MR) is 83.9 cm³/mol. The lowest BCUT2D eigenvalue weighted by Gasteiger charge is -2.34. The van der Waals surface area contributed by atoms with E-state index >= 15 is 0 Å². The summed E-state index contributed by atoms with van der Waals surface area (Å²) in [4.78, 5) is 23.2. The van der Waals surface area contributed by atoms with Crippen LogP contribution in [0.2, 0.25) is 0 Å². The number of rotatable bonds is 8. The first-order valence-corrected chi connectivity index (χ1v) is 7.57. The average molecular weight is 362 g/mol. The Labute approximate surface area is 143 Å². The van der Waals surface area contributed by atoms with Crippen LogP contribution >= 0.6 is 0 Å². The minimum absolute atomic E-state index is 0.195. The third kappa shape index (κ3) is 5.35. The maximum Gasteiger partial charge on any atom is 0.436 e. The zero-order chi connectivity index (χ0) is 19.1. The fourth-order valence-corrected chi connectivity index (χ4v) is 2.14. The summed E-state index contributed by atoms with van der Waals surface area (Å²) in [6, 6.07) is 6.73. The molecule has 0 radical (unpaired) electrons. The zero-order valence-corrected chi connectivity index (χ0v) is 14.2. The van der Waals surface area contributed by atoms with E-state index in [9.17, 15) is 22.8 Å². The van der Waals surface area contributed by atoms with Crippen molar-refractivity contribution in [3.05, 3.63) is 29.8 Å². The normalized spacial score (nSPS) is 13.7. The Morgan fingerprint density at radius 1 is 1.16 bits per heavy atom. The molecular formula is C16H21F3N2O4. The van der Waals surface area contributed by atoms with Crippen molar-refractivity contribution < 1.29 is 32.2 Å². The molecule has 0 heterocycles. The van der Waals surface area contributed by atoms with Crippen LogP contribution in [0.1, 0.15) is 19.4 Å². The fraction of sp³-hybridized carbons (Fsp3) is 0.500. The Bertz CT molecular complexity index is 590. The van der Waals surface area contributed by atoms with Crippen molar-refractivity contribution in [3.8, 4) is 5.75 Å². The summed E-state index contributed by atoms with van der Waals surface area (Å²) in [5, 5.41) is 3.76. The molecule has 0 aromatic heterocycles. The van der Waals surface area contributed by atoms with Crippen molar-refractivity contribution in [2.24, 2.45) is 0 Å². The van der Waals surface area contributed by atoms with E-state index in [4.69, 9.17) is 4.74 Å². The molecule has 0 spiro atoms. The Balaban J connectivity index is 2.94. The quantitative estimate of drug-likeness (QED) is 0.545. The van der Waals surface area contributed by atoms with Gasteiger partial charge in [0.05, 0.1) is 13.7 Å². The SMILES string of the molecule is CCOC(=O)C(NCCc1ccc(OC)cc1)(NC(C)=O)C(F)(F)F. The van der Waals surface area contributed by atoms with Crippen molar-refractivity contribution in [1.82, 2.24) is 10.6 Å². The number of carbonyl (C=O) groups excluding carboxylic acids is 2. The number of halogens is 3. The van der Waals surface area contributed by atoms with E-state index in [1.54, 1.807) is 29.6 Å². The standard InChI is InChI=1S/C16H21F3N2O4/c1-4-25-14(23)15(16(17,18)19,21-11(2)22)20-10-9-12-5-7-13(24-3)8-6-12/h5-8,20H,4,9-10H2,1-3H3,(H,21,22). The highest BCUT2D eigenvalue weighted by Gasteiger charge is 2.62. The molecule has 6 nitrogen and oxygen atoms in total. The summed E-state index contributed by atoms with van der Waals surface area (Å²) in [7, 11) is 1.50. The van der Waals surface area contributed by atoms with Crippen molar-refractivity contribution >= 4 is 11.9 Å². The highest BCUT2D eigenvalue weighted by Crippen LogP contribution is 2.30. The zero-order valence-electron chi connectivity index (χ0n) is 14.2. The van der Waals surface area contributed by atoms with E-state index in [1.807, 2.05) is 0 Å². The third-order valence-corrected chi connectivity index (χ3v) is 3.33. The van der Waals surface area contributed by atoms with Gasteiger partial charge in [-0.2, -0.15) is 13.2 Å². The number of hydrogen-bond donors (Lipinski definition) is 2. The lowest BCUT2D eigenvalue weighted by molar-refractivity contribution is -0.221. The minimum atomic E-state index is -5.08. The van der Waals surface area contributed by atoms with Gasteiger partial charge in [0.1, 0.15) is 5.75 Å². The van der Waals surface area contributed by atoms with Crippen molar-refractivity contribution in [2.45, 2.75) is 32.1 Å². The van der Waals surface area contributed by atoms with Crippen molar-refractivity contribution in [3.63, 3.8) is 0 Å². The van der Waals surface area contributed by atoms with Gasteiger partial charge in [-0.1, -0.05) is 12.1 Å². The molecule has 1 aromatic rings. The van der Waals surface area contributed by atoms with Crippen LogP contribution in [0.5, 0.6) is 5.75 Å². The van der Waals surface area contributed by atoms with E-state index in [2.05, 4.69) is 10.1 Å². The average Bonchev–Trinajstić information content (AvgIpc) is 2.53. The number of alkyl halides is 3. The van der Waals surface area contributed by atoms with Crippen LogP contribution in [0.15, 0.2) is 24.3 Å². The Kier molecular flexibility index (Phi) is 7.22. The van der Waals surface area contributed by atoms with Gasteiger partial charge < -0.3 is 14.8 Å². The first-order chi connectivity index (χ1) is 11.7. The molecule has 0 fully saturated rings. The van der Waals surface area contributed by atoms with Crippen LogP contribution in [0.25, 0.3) is 0 Å². The van der Waals surface area contributed by atoms with Gasteiger partial charge in [0.2, 0.25) is 5.91 Å². The second kappa shape index (κ2) is 8.70. The summed E-state index contributed by atoms with van der Waals surface area (Å²) in [6.07, 6.45) is -4.88. The number of hydrogen-bond acceptors (Lipinski definition) is 5. The topological polar surface area (TPSA) is 76.7 Å². The molecule has 140 valence electrons. The Morgan fingerprint density at radius 3 is 2.20 bits per heavy atom. The molecule has 9 heteroatoms. The lowest BCUT2D eigenvalue weighted by atomic mass is 10.1. The molecule has 1 unspecified atom stereocenters. The molecule has 0 aliphatic heterocycles. The van der Waals surface area contributed by atoms with E-state index in [-0.39, 0.29) is 19.6 Å². The molecule has 0 aliphatic rings. The lowest BCUT2D eigenvalue weighted by Crippen LogP contribution is -2.72. The first kappa shape index (κ1) is 20.8. The largest absolute Gasteiger partial charge is 0.497 e. The number of nitrogens with one attached hydrogen (secondary N) is 2. The van der Waals surface area contributed by atoms with Crippen LogP contribution in [0.3, 0.4) is 0 Å². The van der Waals surface area contributed by atoms with Crippen LogP contribution in [0.4, 0.5) is 13.2 Å². The maximum atomic E-state index is 13.5. The van der Waals surface area contributed by atoms with Gasteiger partial charge in [0.15, 0.2) is 0 Å². The van der Waals surface area contributed by atoms with Crippen LogP contribution < -0.4 is 15.4 Å². The molecule has 25 heavy (non-hydrogen) atoms. The molecule has 1 aromatic carbocycles. The molecule has 0 aliphatic carbocycles. The molecule has 0 saturated carbocycles. The summed E-state index contributed by atoms with van der Waals surface area (Å²) < 4.78 is 50.1. The van der Waals surface area contributed by atoms with Gasteiger partial charge >= 0.3 is 12.1 Å². The molecule has 1 atom stereocenters. The number of amides is 1. The Morgan fingerprint density at radius 2 is 1.76 bits per heavy atom. The smallest absolute Gasteiger partial charge is 0.436 e. The van der Waals surface area contributed by atoms with E-state index < -0.39 is 23.7 Å². The molecular weight excluding hydrogens is 341 g/mol. The van der Waals surface area contributed by atoms with E-state index in [0.717, 1.165) is 12.5 Å². The second-order valence-corrected chi connectivity index (χ2v) is 5.17. The van der Waals surface area contributed by atoms with Crippen LogP contribution in [-0.2, 0) is 20.7 Å². The number of esters is 1. The van der Waals surface area contributed by atoms with Gasteiger partial charge in [-0.05, 0) is 31.0 Å². The number of ether oxygens (including phenoxy) is 2. The maximum absolute atomic E-state index is 13.5. The highest BCUT2D eigenvalue weighted by molar-refractivity contribution is 5.87. The van der Waals surface area contributed by atoms with E-state index in [1.165, 1.54) is 14.0 Å². The predicted octanol–water partition coefficient (Wildman–Crippen LogP) is 1.79. The number of carbonyl (C=O) groups is 2. The molecule has 0 saturated heterocycles. The molecule has 1 rings (SSSR count). The highest BCUT2D eigenvalue weighted by atomic mass is 19.4. The second-order valence-electron chi connectivity index (χ2n) is 5.17. The molecule has 2 N–H and O–H groups in total. The van der Waals surface area contributed by atoms with E-state index in [0.29, 0.717) is 5.75 Å². The summed E-state index contributed by atoms with van der Waals surface area (Å²) >= 11 is 0. The molecule has 0 bridgehead atoms. The summed E-state index contributed by atoms with van der Waals surface area (Å²) in [5.41, 5.74) is -2.56. The van der Waals surface area contributed by atoms with Gasteiger partial charge in [-0.3, -0.25) is 10.1 Å². The fourth-order valence-electron chi connectivity index (χ4n) is 2.14. The van der Waals surface area contributed by atoms with Crippen molar-refractivity contribution in [2.75, 3.05) is 20.3 Å². The van der Waals surface area contributed by atoms with Gasteiger partial charge in [-0.15, -0.1) is 0 Å². The van der Waals surface area contributed by atoms with Crippen LogP contribution in [-0.4, -0.2) is 44.0 Å². The third-order valence-electron chi connectivity index (χ3n) is 3.33. The summed E-state index contributed by atoms with van der Waals surface area (Å²) in [6.45, 7) is 1.80. The minimum Gasteiger partial charge on any atom is -0.497 e.